The molecule has 0 amide bonds. The van der Waals surface area contributed by atoms with Crippen LogP contribution in [0.2, 0.25) is 0 Å². The van der Waals surface area contributed by atoms with Gasteiger partial charge in [-0.2, -0.15) is 0 Å². The van der Waals surface area contributed by atoms with Crippen LogP contribution in [0.15, 0.2) is 0 Å². The second-order valence-electron chi connectivity index (χ2n) is 5.18. The molecular formula is C12H27N3. The molecule has 1 unspecified atom stereocenters. The summed E-state index contributed by atoms with van der Waals surface area (Å²) in [5.74, 6) is 0. The highest BCUT2D eigenvalue weighted by Gasteiger charge is 2.42. The number of hydrogen-bond acceptors (Lipinski definition) is 3. The number of hydrogen-bond donors (Lipinski definition) is 1. The molecule has 3 heteroatoms. The van der Waals surface area contributed by atoms with Gasteiger partial charge in [0.25, 0.3) is 0 Å². The first-order valence-corrected chi connectivity index (χ1v) is 6.17. The summed E-state index contributed by atoms with van der Waals surface area (Å²) in [6.45, 7) is 7.63. The fourth-order valence-electron chi connectivity index (χ4n) is 2.94. The summed E-state index contributed by atoms with van der Waals surface area (Å²) in [6.07, 6.45) is 3.92. The van der Waals surface area contributed by atoms with Crippen LogP contribution in [0.1, 0.15) is 33.1 Å². The highest BCUT2D eigenvalue weighted by molar-refractivity contribution is 5.00. The zero-order valence-electron chi connectivity index (χ0n) is 10.8. The molecule has 0 radical (unpaired) electrons. The predicted octanol–water partition coefficient (Wildman–Crippen LogP) is 1.14. The van der Waals surface area contributed by atoms with Crippen LogP contribution in [0.3, 0.4) is 0 Å². The Morgan fingerprint density at radius 2 is 1.93 bits per heavy atom. The maximum atomic E-state index is 5.96. The van der Waals surface area contributed by atoms with Gasteiger partial charge in [0.1, 0.15) is 0 Å². The molecule has 1 aliphatic carbocycles. The third-order valence-electron chi connectivity index (χ3n) is 3.78. The summed E-state index contributed by atoms with van der Waals surface area (Å²) in [4.78, 5) is 4.87. The van der Waals surface area contributed by atoms with Crippen LogP contribution in [0.5, 0.6) is 0 Å². The Morgan fingerprint density at radius 1 is 1.33 bits per heavy atom. The minimum atomic E-state index is 0.324. The van der Waals surface area contributed by atoms with Gasteiger partial charge < -0.3 is 10.6 Å². The van der Waals surface area contributed by atoms with E-state index in [1.54, 1.807) is 0 Å². The quantitative estimate of drug-likeness (QED) is 0.718. The highest BCUT2D eigenvalue weighted by Crippen LogP contribution is 2.37. The summed E-state index contributed by atoms with van der Waals surface area (Å²) in [5, 5.41) is 0. The van der Waals surface area contributed by atoms with E-state index < -0.39 is 0 Å². The van der Waals surface area contributed by atoms with Crippen molar-refractivity contribution in [2.24, 2.45) is 5.73 Å². The van der Waals surface area contributed by atoms with Gasteiger partial charge >= 0.3 is 0 Å². The van der Waals surface area contributed by atoms with E-state index in [0.717, 1.165) is 19.6 Å². The Morgan fingerprint density at radius 3 is 2.20 bits per heavy atom. The topological polar surface area (TPSA) is 32.5 Å². The summed E-state index contributed by atoms with van der Waals surface area (Å²) in [7, 11) is 4.28. The molecule has 0 aliphatic heterocycles. The second-order valence-corrected chi connectivity index (χ2v) is 5.18. The van der Waals surface area contributed by atoms with Gasteiger partial charge in [0.2, 0.25) is 0 Å². The lowest BCUT2D eigenvalue weighted by molar-refractivity contribution is -0.00827. The normalized spacial score (nSPS) is 21.8. The number of nitrogens with zero attached hydrogens (tertiary/aromatic N) is 2. The minimum absolute atomic E-state index is 0.324. The number of likely N-dealkylation sites (N-methyl/N-ethyl adjacent to an activating group) is 2. The average Bonchev–Trinajstić information content (AvgIpc) is 2.09. The van der Waals surface area contributed by atoms with Crippen LogP contribution in [0.4, 0.5) is 0 Å². The summed E-state index contributed by atoms with van der Waals surface area (Å²) < 4.78 is 0. The Kier molecular flexibility index (Phi) is 4.56. The lowest BCUT2D eigenvalue weighted by Gasteiger charge is -2.52. The second kappa shape index (κ2) is 5.28. The van der Waals surface area contributed by atoms with Crippen LogP contribution in [0, 0.1) is 0 Å². The fourth-order valence-corrected chi connectivity index (χ4v) is 2.94. The van der Waals surface area contributed by atoms with Gasteiger partial charge in [0.05, 0.1) is 0 Å². The molecule has 0 aromatic carbocycles. The molecule has 0 aromatic rings. The van der Waals surface area contributed by atoms with Gasteiger partial charge in [-0.1, -0.05) is 6.92 Å². The van der Waals surface area contributed by atoms with E-state index >= 15 is 0 Å². The molecular weight excluding hydrogens is 186 g/mol. The summed E-state index contributed by atoms with van der Waals surface area (Å²) in [6, 6.07) is 0.605. The van der Waals surface area contributed by atoms with Crippen LogP contribution in [-0.4, -0.2) is 55.1 Å². The highest BCUT2D eigenvalue weighted by atomic mass is 15.3. The van der Waals surface area contributed by atoms with Crippen molar-refractivity contribution < 1.29 is 0 Å². The van der Waals surface area contributed by atoms with Gasteiger partial charge in [-0.15, -0.1) is 0 Å². The van der Waals surface area contributed by atoms with Crippen molar-refractivity contribution in [3.8, 4) is 0 Å². The zero-order valence-corrected chi connectivity index (χ0v) is 10.8. The molecule has 0 heterocycles. The van der Waals surface area contributed by atoms with Crippen molar-refractivity contribution in [1.82, 2.24) is 9.80 Å². The van der Waals surface area contributed by atoms with Crippen LogP contribution < -0.4 is 5.73 Å². The molecule has 2 N–H and O–H groups in total. The van der Waals surface area contributed by atoms with Crippen molar-refractivity contribution >= 4 is 0 Å². The Bertz CT molecular complexity index is 182. The molecule has 0 saturated heterocycles. The maximum Gasteiger partial charge on any atom is 0.0335 e. The molecule has 0 spiro atoms. The van der Waals surface area contributed by atoms with E-state index in [4.69, 9.17) is 5.73 Å². The first-order valence-electron chi connectivity index (χ1n) is 6.17. The Balaban J connectivity index is 2.60. The molecule has 90 valence electrons. The maximum absolute atomic E-state index is 5.96. The summed E-state index contributed by atoms with van der Waals surface area (Å²) in [5.41, 5.74) is 6.28. The zero-order chi connectivity index (χ0) is 11.5. The van der Waals surface area contributed by atoms with Gasteiger partial charge in [-0.3, -0.25) is 4.90 Å². The molecule has 1 rings (SSSR count). The molecule has 1 saturated carbocycles. The van der Waals surface area contributed by atoms with E-state index in [2.05, 4.69) is 37.7 Å². The van der Waals surface area contributed by atoms with Crippen LogP contribution in [0.25, 0.3) is 0 Å². The van der Waals surface area contributed by atoms with Crippen LogP contribution in [-0.2, 0) is 0 Å². The molecule has 1 atom stereocenters. The minimum Gasteiger partial charge on any atom is -0.329 e. The molecule has 0 aromatic heterocycles. The fraction of sp³-hybridized carbons (Fsp3) is 1.00. The molecule has 1 fully saturated rings. The molecule has 3 nitrogen and oxygen atoms in total. The first kappa shape index (κ1) is 12.9. The monoisotopic (exact) mass is 213 g/mol. The van der Waals surface area contributed by atoms with E-state index in [1.165, 1.54) is 19.3 Å². The van der Waals surface area contributed by atoms with Gasteiger partial charge in [0, 0.05) is 24.7 Å². The largest absolute Gasteiger partial charge is 0.329 e. The van der Waals surface area contributed by atoms with E-state index in [0.29, 0.717) is 11.6 Å². The van der Waals surface area contributed by atoms with Crippen molar-refractivity contribution in [3.05, 3.63) is 0 Å². The lowest BCUT2D eigenvalue weighted by atomic mass is 9.74. The van der Waals surface area contributed by atoms with Gasteiger partial charge in [-0.05, 0) is 46.8 Å². The predicted molar refractivity (Wildman–Crippen MR) is 66.0 cm³/mol. The third-order valence-corrected chi connectivity index (χ3v) is 3.78. The van der Waals surface area contributed by atoms with Crippen molar-refractivity contribution in [1.29, 1.82) is 0 Å². The van der Waals surface area contributed by atoms with Crippen molar-refractivity contribution in [2.45, 2.75) is 44.7 Å². The number of nitrogens with two attached hydrogens (primary N) is 1. The SMILES string of the molecule is CCN(C(C)CN(C)C)C1(CN)CCC1. The van der Waals surface area contributed by atoms with Crippen molar-refractivity contribution in [3.63, 3.8) is 0 Å². The average molecular weight is 213 g/mol. The number of rotatable bonds is 6. The summed E-state index contributed by atoms with van der Waals surface area (Å²) >= 11 is 0. The lowest BCUT2D eigenvalue weighted by Crippen LogP contribution is -2.62. The van der Waals surface area contributed by atoms with Crippen molar-refractivity contribution in [2.75, 3.05) is 33.7 Å². The Hall–Kier alpha value is -0.120. The third kappa shape index (κ3) is 2.71. The van der Waals surface area contributed by atoms with E-state index in [9.17, 15) is 0 Å². The van der Waals surface area contributed by atoms with Gasteiger partial charge in [-0.25, -0.2) is 0 Å². The molecule has 1 aliphatic rings. The first-order chi connectivity index (χ1) is 7.05. The van der Waals surface area contributed by atoms with Gasteiger partial charge in [0.15, 0.2) is 0 Å². The van der Waals surface area contributed by atoms with Crippen LogP contribution >= 0.6 is 0 Å². The van der Waals surface area contributed by atoms with E-state index in [1.807, 2.05) is 0 Å². The Labute approximate surface area is 94.6 Å². The smallest absolute Gasteiger partial charge is 0.0335 e. The van der Waals surface area contributed by atoms with E-state index in [-0.39, 0.29) is 0 Å². The molecule has 0 bridgehead atoms. The standard InChI is InChI=1S/C12H27N3/c1-5-15(11(2)9-14(3)4)12(10-13)7-6-8-12/h11H,5-10,13H2,1-4H3. The molecule has 15 heavy (non-hydrogen) atoms.